The number of hydrogen-bond donors (Lipinski definition) is 1. The third kappa shape index (κ3) is 3.88. The van der Waals surface area contributed by atoms with E-state index in [1.165, 1.54) is 28.6 Å². The highest BCUT2D eigenvalue weighted by Crippen LogP contribution is 2.17. The summed E-state index contributed by atoms with van der Waals surface area (Å²) in [6.07, 6.45) is 1.50. The van der Waals surface area contributed by atoms with E-state index in [0.717, 1.165) is 12.8 Å². The Morgan fingerprint density at radius 2 is 1.60 bits per heavy atom. The number of carbonyl (C=O) groups is 1. The Balaban J connectivity index is 3.05. The van der Waals surface area contributed by atoms with E-state index < -0.39 is 22.4 Å². The molecular weight excluding hydrogens is 278 g/mol. The molecule has 1 aromatic rings. The minimum atomic E-state index is -3.52. The number of aliphatic hydroxyl groups is 1. The van der Waals surface area contributed by atoms with Gasteiger partial charge in [0.05, 0.1) is 4.90 Å². The van der Waals surface area contributed by atoms with Crippen LogP contribution in [0.1, 0.15) is 37.0 Å². The highest BCUT2D eigenvalue weighted by atomic mass is 32.2. The van der Waals surface area contributed by atoms with Crippen molar-refractivity contribution in [2.75, 3.05) is 19.7 Å². The molecule has 1 rings (SSSR count). The predicted molar refractivity (Wildman–Crippen MR) is 77.2 cm³/mol. The Labute approximate surface area is 120 Å². The zero-order valence-electron chi connectivity index (χ0n) is 11.9. The van der Waals surface area contributed by atoms with Crippen LogP contribution in [-0.2, 0) is 10.0 Å². The lowest BCUT2D eigenvalue weighted by molar-refractivity contribution is 0.0903. The monoisotopic (exact) mass is 299 g/mol. The number of sulfonamides is 1. The first-order valence-corrected chi connectivity index (χ1v) is 8.15. The quantitative estimate of drug-likeness (QED) is 0.741. The number of rotatable bonds is 8. The molecule has 0 aliphatic rings. The van der Waals surface area contributed by atoms with Gasteiger partial charge in [-0.2, -0.15) is 4.31 Å². The summed E-state index contributed by atoms with van der Waals surface area (Å²) in [5.74, 6) is -0.423. The lowest BCUT2D eigenvalue weighted by atomic mass is 10.1. The van der Waals surface area contributed by atoms with Crippen LogP contribution in [0.25, 0.3) is 0 Å². The third-order valence-corrected chi connectivity index (χ3v) is 4.82. The van der Waals surface area contributed by atoms with Gasteiger partial charge in [0.25, 0.3) is 0 Å². The van der Waals surface area contributed by atoms with Crippen LogP contribution < -0.4 is 0 Å². The highest BCUT2D eigenvalue weighted by Gasteiger charge is 2.23. The van der Waals surface area contributed by atoms with Gasteiger partial charge in [0.2, 0.25) is 10.0 Å². The first-order valence-electron chi connectivity index (χ1n) is 6.71. The molecule has 112 valence electrons. The number of benzene rings is 1. The molecule has 0 heterocycles. The van der Waals surface area contributed by atoms with Gasteiger partial charge in [-0.05, 0) is 37.1 Å². The van der Waals surface area contributed by atoms with Gasteiger partial charge in [-0.3, -0.25) is 4.79 Å². The molecule has 1 aromatic carbocycles. The fraction of sp³-hybridized carbons (Fsp3) is 0.500. The average Bonchev–Trinajstić information content (AvgIpc) is 2.46. The summed E-state index contributed by atoms with van der Waals surface area (Å²) in [4.78, 5) is 11.5. The first kappa shape index (κ1) is 16.8. The van der Waals surface area contributed by atoms with E-state index in [2.05, 4.69) is 0 Å². The smallest absolute Gasteiger partial charge is 0.243 e. The zero-order chi connectivity index (χ0) is 15.2. The fourth-order valence-electron chi connectivity index (χ4n) is 1.90. The second-order valence-electron chi connectivity index (χ2n) is 4.51. The lowest BCUT2D eigenvalue weighted by Crippen LogP contribution is -2.32. The second-order valence-corrected chi connectivity index (χ2v) is 6.45. The van der Waals surface area contributed by atoms with E-state index in [1.54, 1.807) is 0 Å². The van der Waals surface area contributed by atoms with Crippen molar-refractivity contribution in [2.24, 2.45) is 0 Å². The maximum atomic E-state index is 12.5. The summed E-state index contributed by atoms with van der Waals surface area (Å²) in [6, 6.07) is 5.69. The average molecular weight is 299 g/mol. The van der Waals surface area contributed by atoms with Crippen LogP contribution >= 0.6 is 0 Å². The summed E-state index contributed by atoms with van der Waals surface area (Å²) >= 11 is 0. The van der Waals surface area contributed by atoms with Crippen LogP contribution in [0.4, 0.5) is 0 Å². The van der Waals surface area contributed by atoms with Crippen molar-refractivity contribution < 1.29 is 18.3 Å². The molecule has 1 N–H and O–H groups in total. The van der Waals surface area contributed by atoms with E-state index in [-0.39, 0.29) is 4.90 Å². The fourth-order valence-corrected chi connectivity index (χ4v) is 3.53. The SMILES string of the molecule is CCCN(CCC)S(=O)(=O)c1ccc(C(=O)CO)cc1. The van der Waals surface area contributed by atoms with Gasteiger partial charge in [-0.15, -0.1) is 0 Å². The van der Waals surface area contributed by atoms with E-state index in [1.807, 2.05) is 13.8 Å². The summed E-state index contributed by atoms with van der Waals surface area (Å²) in [7, 11) is -3.52. The summed E-state index contributed by atoms with van der Waals surface area (Å²) in [5, 5.41) is 8.77. The van der Waals surface area contributed by atoms with Crippen molar-refractivity contribution in [3.63, 3.8) is 0 Å². The van der Waals surface area contributed by atoms with E-state index in [9.17, 15) is 13.2 Å². The van der Waals surface area contributed by atoms with Crippen LogP contribution in [0.3, 0.4) is 0 Å². The molecule has 0 saturated carbocycles. The molecule has 0 bridgehead atoms. The standard InChI is InChI=1S/C14H21NO4S/c1-3-9-15(10-4-2)20(18,19)13-7-5-12(6-8-13)14(17)11-16/h5-8,16H,3-4,9-11H2,1-2H3. The van der Waals surface area contributed by atoms with Crippen molar-refractivity contribution in [3.05, 3.63) is 29.8 Å². The Bertz CT molecular complexity index is 531. The number of nitrogens with zero attached hydrogens (tertiary/aromatic N) is 1. The van der Waals surface area contributed by atoms with Crippen molar-refractivity contribution in [1.29, 1.82) is 0 Å². The molecule has 0 aromatic heterocycles. The molecule has 0 aliphatic heterocycles. The van der Waals surface area contributed by atoms with Crippen LogP contribution in [-0.4, -0.2) is 43.3 Å². The Kier molecular flexibility index (Phi) is 6.32. The first-order chi connectivity index (χ1) is 9.47. The molecule has 5 nitrogen and oxygen atoms in total. The van der Waals surface area contributed by atoms with Crippen molar-refractivity contribution in [2.45, 2.75) is 31.6 Å². The molecule has 0 saturated heterocycles. The van der Waals surface area contributed by atoms with Crippen molar-refractivity contribution >= 4 is 15.8 Å². The minimum Gasteiger partial charge on any atom is -0.388 e. The van der Waals surface area contributed by atoms with Crippen molar-refractivity contribution in [3.8, 4) is 0 Å². The predicted octanol–water partition coefficient (Wildman–Crippen LogP) is 1.67. The van der Waals surface area contributed by atoms with Crippen LogP contribution in [0.2, 0.25) is 0 Å². The van der Waals surface area contributed by atoms with Gasteiger partial charge in [-0.1, -0.05) is 13.8 Å². The van der Waals surface area contributed by atoms with Gasteiger partial charge in [0.1, 0.15) is 6.61 Å². The van der Waals surface area contributed by atoms with E-state index in [4.69, 9.17) is 5.11 Å². The molecule has 0 fully saturated rings. The molecule has 6 heteroatoms. The molecule has 0 unspecified atom stereocenters. The molecule has 0 spiro atoms. The minimum absolute atomic E-state index is 0.175. The van der Waals surface area contributed by atoms with Gasteiger partial charge < -0.3 is 5.11 Å². The van der Waals surface area contributed by atoms with Crippen LogP contribution in [0.15, 0.2) is 29.2 Å². The van der Waals surface area contributed by atoms with Crippen molar-refractivity contribution in [1.82, 2.24) is 4.31 Å². The second kappa shape index (κ2) is 7.52. The van der Waals surface area contributed by atoms with E-state index in [0.29, 0.717) is 18.7 Å². The Hall–Kier alpha value is -1.24. The normalized spacial score (nSPS) is 11.8. The molecule has 0 amide bonds. The van der Waals surface area contributed by atoms with Crippen LogP contribution in [0, 0.1) is 0 Å². The summed E-state index contributed by atoms with van der Waals surface area (Å²) < 4.78 is 26.4. The summed E-state index contributed by atoms with van der Waals surface area (Å²) in [5.41, 5.74) is 0.309. The van der Waals surface area contributed by atoms with Gasteiger partial charge in [0.15, 0.2) is 5.78 Å². The lowest BCUT2D eigenvalue weighted by Gasteiger charge is -2.21. The van der Waals surface area contributed by atoms with Gasteiger partial charge >= 0.3 is 0 Å². The van der Waals surface area contributed by atoms with Gasteiger partial charge in [-0.25, -0.2) is 8.42 Å². The molecule has 0 aliphatic carbocycles. The van der Waals surface area contributed by atoms with Gasteiger partial charge in [0, 0.05) is 18.7 Å². The molecule has 20 heavy (non-hydrogen) atoms. The molecular formula is C14H21NO4S. The Morgan fingerprint density at radius 3 is 2.00 bits per heavy atom. The topological polar surface area (TPSA) is 74.7 Å². The largest absolute Gasteiger partial charge is 0.388 e. The number of Topliss-reactive ketones (excluding diaryl/α,β-unsaturated/α-hetero) is 1. The Morgan fingerprint density at radius 1 is 1.10 bits per heavy atom. The number of ketones is 1. The van der Waals surface area contributed by atoms with Crippen LogP contribution in [0.5, 0.6) is 0 Å². The third-order valence-electron chi connectivity index (χ3n) is 2.90. The highest BCUT2D eigenvalue weighted by molar-refractivity contribution is 7.89. The van der Waals surface area contributed by atoms with E-state index >= 15 is 0 Å². The molecule has 0 atom stereocenters. The number of carbonyl (C=O) groups excluding carboxylic acids is 1. The zero-order valence-corrected chi connectivity index (χ0v) is 12.7. The molecule has 0 radical (unpaired) electrons. The maximum Gasteiger partial charge on any atom is 0.243 e. The number of aliphatic hydroxyl groups excluding tert-OH is 1. The maximum absolute atomic E-state index is 12.5. The number of hydrogen-bond acceptors (Lipinski definition) is 4. The summed E-state index contributed by atoms with van der Waals surface area (Å²) in [6.45, 7) is 4.24.